The molecule has 0 spiro atoms. The van der Waals surface area contributed by atoms with E-state index in [1.807, 2.05) is 36.4 Å². The molecular weight excluding hydrogens is 296 g/mol. The van der Waals surface area contributed by atoms with Crippen molar-refractivity contribution in [2.75, 3.05) is 13.2 Å². The second-order valence-electron chi connectivity index (χ2n) is 5.47. The lowest BCUT2D eigenvalue weighted by atomic mass is 9.94. The number of fused-ring (bicyclic) bond motifs is 1. The maximum absolute atomic E-state index is 10.8. The van der Waals surface area contributed by atoms with E-state index in [2.05, 4.69) is 6.58 Å². The molecule has 5 nitrogen and oxygen atoms in total. The van der Waals surface area contributed by atoms with Gasteiger partial charge in [-0.25, -0.2) is 4.79 Å². The molecule has 1 aliphatic carbocycles. The summed E-state index contributed by atoms with van der Waals surface area (Å²) in [6.45, 7) is 7.28. The van der Waals surface area contributed by atoms with Crippen molar-refractivity contribution in [2.45, 2.75) is 32.0 Å². The van der Waals surface area contributed by atoms with Crippen LogP contribution in [0.25, 0.3) is 6.08 Å². The van der Waals surface area contributed by atoms with Gasteiger partial charge in [0.2, 0.25) is 0 Å². The summed E-state index contributed by atoms with van der Waals surface area (Å²) in [5, 5.41) is 26.0. The Kier molecular flexibility index (Phi) is 7.68. The number of hydrogen-bond acceptors (Lipinski definition) is 4. The smallest absolute Gasteiger partial charge is 0.331 e. The predicted octanol–water partition coefficient (Wildman–Crippen LogP) is 2.20. The fourth-order valence-electron chi connectivity index (χ4n) is 2.04. The monoisotopic (exact) mass is 320 g/mol. The number of aliphatic carboxylic acids is 1. The van der Waals surface area contributed by atoms with Crippen molar-refractivity contribution >= 4 is 12.0 Å². The Morgan fingerprint density at radius 2 is 2.00 bits per heavy atom. The lowest BCUT2D eigenvalue weighted by molar-refractivity contribution is -0.132. The van der Waals surface area contributed by atoms with E-state index in [1.165, 1.54) is 0 Å². The molecule has 3 N–H and O–H groups in total. The van der Waals surface area contributed by atoms with Crippen LogP contribution in [0, 0.1) is 0 Å². The van der Waals surface area contributed by atoms with Gasteiger partial charge in [-0.15, -0.1) is 0 Å². The summed E-state index contributed by atoms with van der Waals surface area (Å²) < 4.78 is 4.95. The Hall–Kier alpha value is -1.95. The number of carbonyl (C=O) groups is 1. The topological polar surface area (TPSA) is 87.0 Å². The normalized spacial score (nSPS) is 17.7. The van der Waals surface area contributed by atoms with Crippen LogP contribution in [0.5, 0.6) is 0 Å². The minimum atomic E-state index is -0.934. The van der Waals surface area contributed by atoms with E-state index in [-0.39, 0.29) is 24.2 Å². The molecule has 5 heteroatoms. The fraction of sp³-hybridized carbons (Fsp3) is 0.389. The molecule has 1 aromatic rings. The van der Waals surface area contributed by atoms with Gasteiger partial charge in [0.15, 0.2) is 0 Å². The first-order chi connectivity index (χ1) is 10.9. The molecule has 0 radical (unpaired) electrons. The number of ether oxygens (including phenoxy) is 1. The Bertz CT molecular complexity index is 562. The van der Waals surface area contributed by atoms with Crippen molar-refractivity contribution in [1.29, 1.82) is 0 Å². The largest absolute Gasteiger partial charge is 0.478 e. The Morgan fingerprint density at radius 3 is 2.57 bits per heavy atom. The van der Waals surface area contributed by atoms with E-state index < -0.39 is 12.1 Å². The van der Waals surface area contributed by atoms with Crippen LogP contribution >= 0.6 is 0 Å². The number of aliphatic hydroxyl groups is 2. The van der Waals surface area contributed by atoms with Crippen LogP contribution in [-0.2, 0) is 9.53 Å². The molecule has 3 unspecified atom stereocenters. The molecule has 1 aliphatic rings. The van der Waals surface area contributed by atoms with Gasteiger partial charge in [-0.1, -0.05) is 43.0 Å². The third kappa shape index (κ3) is 5.98. The van der Waals surface area contributed by atoms with Crippen LogP contribution in [0.15, 0.2) is 42.5 Å². The van der Waals surface area contributed by atoms with E-state index in [9.17, 15) is 4.79 Å². The van der Waals surface area contributed by atoms with Gasteiger partial charge >= 0.3 is 5.97 Å². The van der Waals surface area contributed by atoms with Crippen LogP contribution in [-0.4, -0.2) is 46.7 Å². The second kappa shape index (κ2) is 9.25. The highest BCUT2D eigenvalue weighted by Gasteiger charge is 2.22. The van der Waals surface area contributed by atoms with Crippen molar-refractivity contribution in [3.63, 3.8) is 0 Å². The molecule has 3 atom stereocenters. The minimum Gasteiger partial charge on any atom is -0.478 e. The highest BCUT2D eigenvalue weighted by molar-refractivity contribution is 5.90. The second-order valence-corrected chi connectivity index (χ2v) is 5.47. The summed E-state index contributed by atoms with van der Waals surface area (Å²) in [4.78, 5) is 10.8. The van der Waals surface area contributed by atoms with Crippen molar-refractivity contribution in [3.05, 3.63) is 53.6 Å². The zero-order valence-corrected chi connectivity index (χ0v) is 13.5. The summed E-state index contributed by atoms with van der Waals surface area (Å²) in [6, 6.07) is 7.76. The number of benzene rings is 1. The van der Waals surface area contributed by atoms with E-state index in [0.717, 1.165) is 11.1 Å². The summed E-state index contributed by atoms with van der Waals surface area (Å²) in [5.74, 6) is -1.10. The molecule has 0 saturated heterocycles. The Balaban J connectivity index is 0.000000257. The average molecular weight is 320 g/mol. The Morgan fingerprint density at radius 1 is 1.35 bits per heavy atom. The molecule has 0 saturated carbocycles. The fourth-order valence-corrected chi connectivity index (χ4v) is 2.04. The third-order valence-electron chi connectivity index (χ3n) is 3.33. The first-order valence-electron chi connectivity index (χ1n) is 7.46. The quantitative estimate of drug-likeness (QED) is 0.700. The van der Waals surface area contributed by atoms with Crippen LogP contribution in [0.1, 0.15) is 30.9 Å². The average Bonchev–Trinajstić information content (AvgIpc) is 2.96. The summed E-state index contributed by atoms with van der Waals surface area (Å²) in [7, 11) is 0. The summed E-state index contributed by atoms with van der Waals surface area (Å²) in [6.07, 6.45) is 3.20. The van der Waals surface area contributed by atoms with Crippen LogP contribution < -0.4 is 0 Å². The van der Waals surface area contributed by atoms with Crippen LogP contribution in [0.3, 0.4) is 0 Å². The van der Waals surface area contributed by atoms with Crippen molar-refractivity contribution in [3.8, 4) is 0 Å². The van der Waals surface area contributed by atoms with E-state index in [0.29, 0.717) is 6.61 Å². The SMILES string of the molecule is C=C(C(=O)O)C1C=Cc2ccccc21.CC(O)COC(C)CO. The molecular formula is C18H24O5. The lowest BCUT2D eigenvalue weighted by Gasteiger charge is -2.10. The molecule has 0 aliphatic heterocycles. The van der Waals surface area contributed by atoms with Gasteiger partial charge in [0.1, 0.15) is 0 Å². The summed E-state index contributed by atoms with van der Waals surface area (Å²) in [5.41, 5.74) is 2.34. The van der Waals surface area contributed by atoms with Crippen LogP contribution in [0.2, 0.25) is 0 Å². The van der Waals surface area contributed by atoms with Crippen molar-refractivity contribution in [1.82, 2.24) is 0 Å². The first-order valence-corrected chi connectivity index (χ1v) is 7.46. The lowest BCUT2D eigenvalue weighted by Crippen LogP contribution is -2.19. The maximum atomic E-state index is 10.8. The zero-order chi connectivity index (χ0) is 17.4. The van der Waals surface area contributed by atoms with Crippen LogP contribution in [0.4, 0.5) is 0 Å². The maximum Gasteiger partial charge on any atom is 0.331 e. The number of hydrogen-bond donors (Lipinski definition) is 3. The minimum absolute atomic E-state index is 0.00667. The number of carboxylic acid groups (broad SMARTS) is 1. The van der Waals surface area contributed by atoms with Crippen molar-refractivity contribution < 1.29 is 24.9 Å². The van der Waals surface area contributed by atoms with Gasteiger partial charge in [-0.2, -0.15) is 0 Å². The number of carboxylic acids is 1. The van der Waals surface area contributed by atoms with Gasteiger partial charge < -0.3 is 20.1 Å². The number of rotatable bonds is 6. The molecule has 1 aromatic carbocycles. The van der Waals surface area contributed by atoms with Gasteiger partial charge in [0, 0.05) is 11.5 Å². The molecule has 126 valence electrons. The highest BCUT2D eigenvalue weighted by atomic mass is 16.5. The predicted molar refractivity (Wildman–Crippen MR) is 89.2 cm³/mol. The van der Waals surface area contributed by atoms with Gasteiger partial charge in [0.05, 0.1) is 25.4 Å². The number of aliphatic hydroxyl groups excluding tert-OH is 2. The molecule has 2 rings (SSSR count). The zero-order valence-electron chi connectivity index (χ0n) is 13.5. The van der Waals surface area contributed by atoms with E-state index >= 15 is 0 Å². The Labute approximate surface area is 136 Å². The van der Waals surface area contributed by atoms with Crippen molar-refractivity contribution in [2.24, 2.45) is 0 Å². The molecule has 23 heavy (non-hydrogen) atoms. The molecule has 0 heterocycles. The first kappa shape index (κ1) is 19.1. The molecule has 0 amide bonds. The van der Waals surface area contributed by atoms with Gasteiger partial charge in [-0.05, 0) is 25.0 Å². The standard InChI is InChI=1S/C12H10O2.C6H14O3/c1-8(12(13)14)10-7-6-9-4-2-3-5-11(9)10;1-5(8)4-9-6(2)3-7/h2-7,10H,1H2,(H,13,14);5-8H,3-4H2,1-2H3. The number of allylic oxidation sites excluding steroid dienone is 1. The highest BCUT2D eigenvalue weighted by Crippen LogP contribution is 2.34. The van der Waals surface area contributed by atoms with Gasteiger partial charge in [0.25, 0.3) is 0 Å². The molecule has 0 aromatic heterocycles. The van der Waals surface area contributed by atoms with E-state index in [1.54, 1.807) is 13.8 Å². The van der Waals surface area contributed by atoms with E-state index in [4.69, 9.17) is 20.1 Å². The van der Waals surface area contributed by atoms with Gasteiger partial charge in [-0.3, -0.25) is 0 Å². The molecule has 0 fully saturated rings. The molecule has 0 bridgehead atoms. The summed E-state index contributed by atoms with van der Waals surface area (Å²) >= 11 is 0. The third-order valence-corrected chi connectivity index (χ3v) is 3.33.